The number of nitrogens with zero attached hydrogens (tertiary/aromatic N) is 1. The predicted octanol–water partition coefficient (Wildman–Crippen LogP) is 10.8. The molecule has 3 unspecified atom stereocenters. The van der Waals surface area contributed by atoms with Crippen molar-refractivity contribution in [2.24, 2.45) is 0 Å². The van der Waals surface area contributed by atoms with Gasteiger partial charge in [-0.1, -0.05) is 174 Å². The maximum Gasteiger partial charge on any atom is 0.472 e. The number of allylic oxidation sites excluding steroid dienone is 1. The van der Waals surface area contributed by atoms with E-state index in [2.05, 4.69) is 19.2 Å². The maximum absolute atomic E-state index is 12.7. The number of unbranched alkanes of at least 4 members (excludes halogenated alkanes) is 24. The Morgan fingerprint density at radius 1 is 0.673 bits per heavy atom. The van der Waals surface area contributed by atoms with Crippen molar-refractivity contribution in [1.82, 2.24) is 5.32 Å². The lowest BCUT2D eigenvalue weighted by atomic mass is 10.0. The summed E-state index contributed by atoms with van der Waals surface area (Å²) in [6.45, 7) is 4.78. The molecule has 0 aliphatic carbocycles. The molecule has 0 saturated carbocycles. The summed E-state index contributed by atoms with van der Waals surface area (Å²) in [4.78, 5) is 22.9. The molecule has 0 saturated heterocycles. The number of phosphoric acid groups is 1. The summed E-state index contributed by atoms with van der Waals surface area (Å²) in [6.07, 6.45) is 35.7. The van der Waals surface area contributed by atoms with Gasteiger partial charge in [-0.15, -0.1) is 0 Å². The summed E-state index contributed by atoms with van der Waals surface area (Å²) in [6, 6.07) is -0.837. The molecule has 0 aliphatic heterocycles. The molecule has 0 aromatic carbocycles. The molecule has 0 aliphatic rings. The number of carbonyl (C=O) groups is 1. The van der Waals surface area contributed by atoms with Gasteiger partial charge in [0.2, 0.25) is 5.91 Å². The molecule has 0 aromatic heterocycles. The van der Waals surface area contributed by atoms with Crippen molar-refractivity contribution in [3.05, 3.63) is 12.2 Å². The normalized spacial score (nSPS) is 14.7. The van der Waals surface area contributed by atoms with Gasteiger partial charge < -0.3 is 19.8 Å². The summed E-state index contributed by atoms with van der Waals surface area (Å²) in [5.41, 5.74) is 0. The van der Waals surface area contributed by atoms with E-state index in [-0.39, 0.29) is 19.1 Å². The van der Waals surface area contributed by atoms with E-state index in [0.29, 0.717) is 17.4 Å². The first-order valence-corrected chi connectivity index (χ1v) is 22.1. The van der Waals surface area contributed by atoms with Crippen LogP contribution in [0, 0.1) is 0 Å². The molecule has 8 nitrogen and oxygen atoms in total. The Balaban J connectivity index is 4.35. The fraction of sp³-hybridized carbons (Fsp3) is 0.925. The highest BCUT2D eigenvalue weighted by Gasteiger charge is 2.27. The molecule has 0 fully saturated rings. The summed E-state index contributed by atoms with van der Waals surface area (Å²) in [5.74, 6) is -0.182. The molecular weight excluding hydrogens is 635 g/mol. The summed E-state index contributed by atoms with van der Waals surface area (Å²) < 4.78 is 23.4. The van der Waals surface area contributed by atoms with Gasteiger partial charge in [-0.2, -0.15) is 0 Å². The Labute approximate surface area is 303 Å². The number of aliphatic hydroxyl groups is 1. The molecule has 0 rings (SSSR count). The zero-order chi connectivity index (χ0) is 36.5. The highest BCUT2D eigenvalue weighted by molar-refractivity contribution is 7.47. The molecular formula is C40H82N2O6P+. The first-order chi connectivity index (χ1) is 23.5. The maximum atomic E-state index is 12.7. The molecule has 0 bridgehead atoms. The molecule has 49 heavy (non-hydrogen) atoms. The van der Waals surface area contributed by atoms with Gasteiger partial charge in [-0.25, -0.2) is 4.57 Å². The zero-order valence-electron chi connectivity index (χ0n) is 32.9. The van der Waals surface area contributed by atoms with Gasteiger partial charge in [0.05, 0.1) is 39.9 Å². The smallest absolute Gasteiger partial charge is 0.387 e. The van der Waals surface area contributed by atoms with Crippen molar-refractivity contribution >= 4 is 13.7 Å². The third-order valence-corrected chi connectivity index (χ3v) is 10.2. The third kappa shape index (κ3) is 35.4. The lowest BCUT2D eigenvalue weighted by molar-refractivity contribution is -0.870. The Bertz CT molecular complexity index is 819. The third-order valence-electron chi connectivity index (χ3n) is 9.26. The summed E-state index contributed by atoms with van der Waals surface area (Å²) in [5, 5.41) is 13.7. The Kier molecular flexibility index (Phi) is 32.6. The minimum atomic E-state index is -4.32. The van der Waals surface area contributed by atoms with Crippen LogP contribution in [0.15, 0.2) is 12.2 Å². The monoisotopic (exact) mass is 718 g/mol. The van der Waals surface area contributed by atoms with E-state index in [1.54, 1.807) is 6.08 Å². The number of carbonyl (C=O) groups excluding carboxylic acids is 1. The second kappa shape index (κ2) is 33.1. The molecule has 3 atom stereocenters. The molecule has 3 N–H and O–H groups in total. The number of quaternary nitrogens is 1. The molecule has 0 radical (unpaired) electrons. The van der Waals surface area contributed by atoms with E-state index in [4.69, 9.17) is 9.05 Å². The number of phosphoric ester groups is 1. The van der Waals surface area contributed by atoms with Crippen LogP contribution in [0.4, 0.5) is 0 Å². The van der Waals surface area contributed by atoms with Crippen molar-refractivity contribution in [3.8, 4) is 0 Å². The first-order valence-electron chi connectivity index (χ1n) is 20.6. The van der Waals surface area contributed by atoms with Crippen molar-refractivity contribution in [2.75, 3.05) is 40.9 Å². The second-order valence-corrected chi connectivity index (χ2v) is 16.8. The van der Waals surface area contributed by atoms with Gasteiger partial charge in [0.15, 0.2) is 0 Å². The minimum Gasteiger partial charge on any atom is -0.387 e. The first kappa shape index (κ1) is 48.2. The Morgan fingerprint density at radius 3 is 1.51 bits per heavy atom. The number of hydrogen-bond donors (Lipinski definition) is 3. The largest absolute Gasteiger partial charge is 0.472 e. The van der Waals surface area contributed by atoms with E-state index in [1.807, 2.05) is 27.2 Å². The number of amides is 1. The Hall–Kier alpha value is -0.760. The summed E-state index contributed by atoms with van der Waals surface area (Å²) >= 11 is 0. The van der Waals surface area contributed by atoms with Crippen LogP contribution in [0.5, 0.6) is 0 Å². The SMILES string of the molecule is CCCCCCCCCCCCCCCCCCC/C=C/C(O)C(COP(=O)(O)OCC[N+](C)(C)C)NC(=O)CCCCCCCCCC. The van der Waals surface area contributed by atoms with Crippen LogP contribution < -0.4 is 5.32 Å². The highest BCUT2D eigenvalue weighted by Crippen LogP contribution is 2.43. The second-order valence-electron chi connectivity index (χ2n) is 15.4. The van der Waals surface area contributed by atoms with E-state index in [0.717, 1.165) is 32.1 Å². The van der Waals surface area contributed by atoms with Gasteiger partial charge >= 0.3 is 7.82 Å². The van der Waals surface area contributed by atoms with Crippen molar-refractivity contribution < 1.29 is 32.9 Å². The zero-order valence-corrected chi connectivity index (χ0v) is 33.8. The van der Waals surface area contributed by atoms with Crippen LogP contribution in [0.25, 0.3) is 0 Å². The molecule has 0 spiro atoms. The average molecular weight is 718 g/mol. The van der Waals surface area contributed by atoms with Crippen molar-refractivity contribution in [3.63, 3.8) is 0 Å². The van der Waals surface area contributed by atoms with Crippen LogP contribution >= 0.6 is 7.82 Å². The number of likely N-dealkylation sites (N-methyl/N-ethyl adjacent to an activating group) is 1. The van der Waals surface area contributed by atoms with Crippen LogP contribution in [0.3, 0.4) is 0 Å². The standard InChI is InChI=1S/C40H81N2O6P/c1-6-8-10-12-14-16-17-18-19-20-21-22-23-24-25-26-27-29-31-33-39(43)38(37-48-49(45,46)47-36-35-42(3,4)5)41-40(44)34-32-30-28-15-13-11-9-7-2/h31,33,38-39,43H,6-30,32,34-37H2,1-5H3,(H-,41,44,45,46)/p+1/b33-31+. The molecule has 0 aromatic rings. The highest BCUT2D eigenvalue weighted by atomic mass is 31.2. The topological polar surface area (TPSA) is 105 Å². The lowest BCUT2D eigenvalue weighted by Crippen LogP contribution is -2.45. The number of aliphatic hydroxyl groups excluding tert-OH is 1. The molecule has 0 heterocycles. The number of nitrogens with one attached hydrogen (secondary N) is 1. The van der Waals surface area contributed by atoms with E-state index < -0.39 is 20.0 Å². The van der Waals surface area contributed by atoms with Crippen LogP contribution in [0.1, 0.15) is 187 Å². The Morgan fingerprint density at radius 2 is 1.08 bits per heavy atom. The molecule has 292 valence electrons. The lowest BCUT2D eigenvalue weighted by Gasteiger charge is -2.25. The molecule has 9 heteroatoms. The molecule has 1 amide bonds. The minimum absolute atomic E-state index is 0.0640. The van der Waals surface area contributed by atoms with E-state index in [9.17, 15) is 19.4 Å². The fourth-order valence-corrected chi connectivity index (χ4v) is 6.66. The van der Waals surface area contributed by atoms with Gasteiger partial charge in [-0.3, -0.25) is 13.8 Å². The van der Waals surface area contributed by atoms with Gasteiger partial charge in [0.1, 0.15) is 13.2 Å². The van der Waals surface area contributed by atoms with Crippen molar-refractivity contribution in [1.29, 1.82) is 0 Å². The van der Waals surface area contributed by atoms with E-state index >= 15 is 0 Å². The average Bonchev–Trinajstić information content (AvgIpc) is 3.04. The predicted molar refractivity (Wildman–Crippen MR) is 208 cm³/mol. The van der Waals surface area contributed by atoms with Crippen molar-refractivity contribution in [2.45, 2.75) is 199 Å². The van der Waals surface area contributed by atoms with Crippen LogP contribution in [-0.2, 0) is 18.4 Å². The van der Waals surface area contributed by atoms with Crippen LogP contribution in [0.2, 0.25) is 0 Å². The van der Waals surface area contributed by atoms with Crippen LogP contribution in [-0.4, -0.2) is 73.4 Å². The van der Waals surface area contributed by atoms with E-state index in [1.165, 1.54) is 135 Å². The van der Waals surface area contributed by atoms with Gasteiger partial charge in [0.25, 0.3) is 0 Å². The number of hydrogen-bond acceptors (Lipinski definition) is 5. The van der Waals surface area contributed by atoms with Gasteiger partial charge in [-0.05, 0) is 19.3 Å². The quantitative estimate of drug-likeness (QED) is 0.0256. The summed E-state index contributed by atoms with van der Waals surface area (Å²) in [7, 11) is 1.58. The number of rotatable bonds is 37. The van der Waals surface area contributed by atoms with Gasteiger partial charge in [0, 0.05) is 6.42 Å². The fourth-order valence-electron chi connectivity index (χ4n) is 5.92.